The highest BCUT2D eigenvalue weighted by atomic mass is 16.5. The van der Waals surface area contributed by atoms with E-state index < -0.39 is 82.0 Å². The molecule has 0 bridgehead atoms. The molecule has 41 heavy (non-hydrogen) atoms. The molecule has 0 unspecified atom stereocenters. The number of aliphatic hydroxyl groups excluding tert-OH is 2. The number of nitrogens with two attached hydrogens (primary N) is 1. The number of hydrogen-bond donors (Lipinski definition) is 5. The fraction of sp³-hybridized carbons (Fsp3) is 0.533. The van der Waals surface area contributed by atoms with E-state index in [4.69, 9.17) is 10.5 Å². The van der Waals surface area contributed by atoms with Gasteiger partial charge in [-0.25, -0.2) is 0 Å². The number of primary amides is 1. The summed E-state index contributed by atoms with van der Waals surface area (Å²) >= 11 is 0. The highest BCUT2D eigenvalue weighted by Gasteiger charge is 2.68. The van der Waals surface area contributed by atoms with Gasteiger partial charge in [0.2, 0.25) is 5.78 Å². The number of carbonyl (C=O) groups excluding carboxylic acids is 4. The van der Waals surface area contributed by atoms with Crippen LogP contribution >= 0.6 is 0 Å². The molecule has 0 aromatic heterocycles. The third-order valence-electron chi connectivity index (χ3n) is 9.49. The Morgan fingerprint density at radius 2 is 1.71 bits per heavy atom. The molecule has 1 saturated carbocycles. The highest BCUT2D eigenvalue weighted by molar-refractivity contribution is 6.25. The van der Waals surface area contributed by atoms with Crippen LogP contribution in [-0.4, -0.2) is 80.6 Å². The summed E-state index contributed by atoms with van der Waals surface area (Å²) in [6, 6.07) is 1.69. The van der Waals surface area contributed by atoms with Gasteiger partial charge < -0.3 is 30.9 Å². The summed E-state index contributed by atoms with van der Waals surface area (Å²) in [6.45, 7) is 3.51. The number of aliphatic hydroxyl groups is 3. The molecule has 4 aliphatic carbocycles. The van der Waals surface area contributed by atoms with E-state index in [2.05, 4.69) is 0 Å². The molecule has 6 atom stereocenters. The minimum absolute atomic E-state index is 0.0874. The van der Waals surface area contributed by atoms with Crippen LogP contribution < -0.4 is 5.73 Å². The summed E-state index contributed by atoms with van der Waals surface area (Å²) in [5, 5.41) is 45.7. The lowest BCUT2D eigenvalue weighted by Crippen LogP contribution is -2.69. The smallest absolute Gasteiger partial charge is 0.309 e. The number of aromatic hydroxyl groups is 1. The zero-order valence-corrected chi connectivity index (χ0v) is 23.5. The maximum absolute atomic E-state index is 14.0. The number of amides is 1. The lowest BCUT2D eigenvalue weighted by molar-refractivity contribution is -0.184. The topological polar surface area (TPSA) is 188 Å². The first-order valence-corrected chi connectivity index (χ1v) is 13.9. The van der Waals surface area contributed by atoms with E-state index in [1.54, 1.807) is 19.9 Å². The Kier molecular flexibility index (Phi) is 7.02. The van der Waals surface area contributed by atoms with Crippen molar-refractivity contribution in [3.05, 3.63) is 51.5 Å². The minimum atomic E-state index is -2.94. The molecule has 0 radical (unpaired) electrons. The van der Waals surface area contributed by atoms with Crippen molar-refractivity contribution >= 4 is 23.4 Å². The van der Waals surface area contributed by atoms with Gasteiger partial charge in [-0.15, -0.1) is 0 Å². The molecule has 0 heterocycles. The van der Waals surface area contributed by atoms with Crippen molar-refractivity contribution in [3.8, 4) is 5.75 Å². The second kappa shape index (κ2) is 9.99. The van der Waals surface area contributed by atoms with E-state index >= 15 is 0 Å². The fourth-order valence-electron chi connectivity index (χ4n) is 7.60. The van der Waals surface area contributed by atoms with Crippen molar-refractivity contribution in [2.75, 3.05) is 14.1 Å². The van der Waals surface area contributed by atoms with Crippen molar-refractivity contribution in [2.24, 2.45) is 23.5 Å². The third kappa shape index (κ3) is 4.00. The van der Waals surface area contributed by atoms with Gasteiger partial charge in [-0.3, -0.25) is 24.1 Å². The summed E-state index contributed by atoms with van der Waals surface area (Å²) in [5.41, 5.74) is 2.27. The lowest BCUT2D eigenvalue weighted by atomic mass is 9.55. The number of phenols is 1. The summed E-state index contributed by atoms with van der Waals surface area (Å²) in [4.78, 5) is 55.2. The largest absolute Gasteiger partial charge is 0.510 e. The molecule has 5 rings (SSSR count). The molecule has 220 valence electrons. The predicted molar refractivity (Wildman–Crippen MR) is 145 cm³/mol. The van der Waals surface area contributed by atoms with Crippen molar-refractivity contribution in [1.29, 1.82) is 0 Å². The summed E-state index contributed by atoms with van der Waals surface area (Å²) in [6.07, 6.45) is 2.45. The van der Waals surface area contributed by atoms with E-state index in [1.165, 1.54) is 25.1 Å². The van der Waals surface area contributed by atoms with Gasteiger partial charge in [0.15, 0.2) is 11.4 Å². The van der Waals surface area contributed by atoms with Gasteiger partial charge in [0, 0.05) is 11.5 Å². The summed E-state index contributed by atoms with van der Waals surface area (Å²) in [5.74, 6) is -9.83. The molecule has 1 amide bonds. The minimum Gasteiger partial charge on any atom is -0.510 e. The molecule has 1 aromatic carbocycles. The van der Waals surface area contributed by atoms with Gasteiger partial charge in [0.25, 0.3) is 5.91 Å². The maximum Gasteiger partial charge on any atom is 0.309 e. The van der Waals surface area contributed by atoms with E-state index in [0.29, 0.717) is 24.0 Å². The number of rotatable bonds is 4. The number of esters is 1. The van der Waals surface area contributed by atoms with Crippen LogP contribution in [0.3, 0.4) is 0 Å². The van der Waals surface area contributed by atoms with Gasteiger partial charge in [-0.2, -0.15) is 0 Å². The number of phenolic OH excluding ortho intramolecular Hbond substituents is 1. The molecule has 1 fully saturated rings. The number of ether oxygens (including phenoxy) is 1. The van der Waals surface area contributed by atoms with E-state index in [0.717, 1.165) is 19.3 Å². The van der Waals surface area contributed by atoms with Crippen molar-refractivity contribution in [1.82, 2.24) is 4.90 Å². The van der Waals surface area contributed by atoms with Crippen LogP contribution in [-0.2, 0) is 19.1 Å². The Morgan fingerprint density at radius 3 is 2.29 bits per heavy atom. The van der Waals surface area contributed by atoms with Crippen LogP contribution in [0.1, 0.15) is 66.4 Å². The summed E-state index contributed by atoms with van der Waals surface area (Å²) < 4.78 is 6.17. The number of likely N-dealkylation sites (N-methyl/N-ethyl adjacent to an activating group) is 1. The fourth-order valence-corrected chi connectivity index (χ4v) is 7.60. The average molecular weight is 569 g/mol. The lowest BCUT2D eigenvalue weighted by Gasteiger charge is -2.54. The van der Waals surface area contributed by atoms with E-state index in [9.17, 15) is 39.6 Å². The molecule has 11 nitrogen and oxygen atoms in total. The first-order chi connectivity index (χ1) is 19.2. The third-order valence-corrected chi connectivity index (χ3v) is 9.49. The summed E-state index contributed by atoms with van der Waals surface area (Å²) in [7, 11) is 3.05. The Labute approximate surface area is 237 Å². The first kappa shape index (κ1) is 28.8. The SMILES string of the molecule is Cc1ccc(O)c2c1[C@@H](C)[C@@H]1C(=C(O)[C@]3(O)C(=O)C(C(N)=O)=C(O)[C@@H](N(C)C)[C@@H]3[C@H]1OC(=O)C1CCCCC1)C2=O. The zero-order valence-electron chi connectivity index (χ0n) is 23.5. The van der Waals surface area contributed by atoms with Crippen LogP contribution in [0.25, 0.3) is 0 Å². The monoisotopic (exact) mass is 568 g/mol. The van der Waals surface area contributed by atoms with Gasteiger partial charge in [0.05, 0.1) is 23.4 Å². The molecular formula is C30H36N2O9. The highest BCUT2D eigenvalue weighted by Crippen LogP contribution is 2.57. The van der Waals surface area contributed by atoms with Gasteiger partial charge in [-0.05, 0) is 57.0 Å². The van der Waals surface area contributed by atoms with Gasteiger partial charge >= 0.3 is 5.97 Å². The number of nitrogens with zero attached hydrogens (tertiary/aromatic N) is 1. The van der Waals surface area contributed by atoms with Crippen LogP contribution in [0.15, 0.2) is 34.8 Å². The Balaban J connectivity index is 1.80. The van der Waals surface area contributed by atoms with E-state index in [-0.39, 0.29) is 16.9 Å². The maximum atomic E-state index is 14.0. The number of aryl methyl sites for hydroxylation is 1. The molecular weight excluding hydrogens is 532 g/mol. The molecule has 11 heteroatoms. The second-order valence-electron chi connectivity index (χ2n) is 12.0. The Bertz CT molecular complexity index is 1420. The number of fused-ring (bicyclic) bond motifs is 3. The van der Waals surface area contributed by atoms with Crippen LogP contribution in [0.2, 0.25) is 0 Å². The van der Waals surface area contributed by atoms with Crippen LogP contribution in [0.4, 0.5) is 0 Å². The number of Topliss-reactive ketones (excluding diaryl/α,β-unsaturated/α-hetero) is 2. The Hall–Kier alpha value is -3.70. The Morgan fingerprint density at radius 1 is 1.07 bits per heavy atom. The molecule has 0 saturated heterocycles. The number of ketones is 2. The molecule has 4 aliphatic rings. The molecule has 0 spiro atoms. The van der Waals surface area contributed by atoms with Crippen molar-refractivity contribution < 1.29 is 44.3 Å². The number of benzene rings is 1. The van der Waals surface area contributed by atoms with Crippen LogP contribution in [0.5, 0.6) is 5.75 Å². The quantitative estimate of drug-likeness (QED) is 0.266. The second-order valence-corrected chi connectivity index (χ2v) is 12.0. The normalized spacial score (nSPS) is 32.0. The molecule has 1 aromatic rings. The predicted octanol–water partition coefficient (Wildman–Crippen LogP) is 2.09. The van der Waals surface area contributed by atoms with Crippen LogP contribution in [0, 0.1) is 24.7 Å². The number of carbonyl (C=O) groups is 4. The average Bonchev–Trinajstić information content (AvgIpc) is 2.91. The van der Waals surface area contributed by atoms with E-state index in [1.807, 2.05) is 0 Å². The van der Waals surface area contributed by atoms with Crippen molar-refractivity contribution in [3.63, 3.8) is 0 Å². The van der Waals surface area contributed by atoms with Crippen molar-refractivity contribution in [2.45, 2.75) is 69.6 Å². The standard InChI is InChI=1S/C30H36N2O9/c1-12-10-11-15(33)18-16(12)13(2)17-19(23(18)34)26(36)30(40)21(25(17)41-29(39)14-8-6-5-7-9-14)22(32(3)4)24(35)20(27(30)37)28(31)38/h10-11,13-14,17,21-22,25,33,35-36,40H,5-9H2,1-4H3,(H2,31,38)/t13-,17-,21-,22+,25+,30+/m1/s1. The zero-order chi connectivity index (χ0) is 30.1. The molecule has 6 N–H and O–H groups in total. The number of hydrogen-bond acceptors (Lipinski definition) is 10. The van der Waals surface area contributed by atoms with Gasteiger partial charge in [0.1, 0.15) is 28.9 Å². The van der Waals surface area contributed by atoms with Gasteiger partial charge in [-0.1, -0.05) is 32.3 Å². The molecule has 0 aliphatic heterocycles. The first-order valence-electron chi connectivity index (χ1n) is 13.9.